The molecule has 8 heavy (non-hydrogen) atoms. The molecule has 0 radical (unpaired) electrons. The van der Waals surface area contributed by atoms with Crippen molar-refractivity contribution in [3.05, 3.63) is 29.1 Å². The van der Waals surface area contributed by atoms with E-state index in [1.54, 1.807) is 7.96 Å². The van der Waals surface area contributed by atoms with Crippen LogP contribution in [0.4, 0.5) is 0 Å². The molecule has 0 bridgehead atoms. The van der Waals surface area contributed by atoms with Crippen LogP contribution in [0.1, 0.15) is 6.42 Å². The maximum absolute atomic E-state index is 2.42. The third kappa shape index (κ3) is 0.673. The van der Waals surface area contributed by atoms with E-state index in [1.807, 2.05) is 0 Å². The average molecular weight is 179 g/mol. The molecule has 1 heteroatoms. The molecule has 1 heterocycles. The summed E-state index contributed by atoms with van der Waals surface area (Å²) in [6.07, 6.45) is 8.13. The van der Waals surface area contributed by atoms with Crippen LogP contribution < -0.4 is 0 Å². The van der Waals surface area contributed by atoms with Crippen LogP contribution in [0.15, 0.2) is 29.1 Å². The zero-order chi connectivity index (χ0) is 5.40. The van der Waals surface area contributed by atoms with E-state index in [9.17, 15) is 0 Å². The fraction of sp³-hybridized carbons (Fsp3) is 0.143. The van der Waals surface area contributed by atoms with Crippen LogP contribution in [0.2, 0.25) is 0 Å². The second-order valence-corrected chi connectivity index (χ2v) is 5.41. The molecule has 1 aliphatic heterocycles. The van der Waals surface area contributed by atoms with Gasteiger partial charge in [0.15, 0.2) is 0 Å². The van der Waals surface area contributed by atoms with E-state index in [1.165, 1.54) is 6.42 Å². The normalized spacial score (nSPS) is 21.0. The summed E-state index contributed by atoms with van der Waals surface area (Å²) in [5.74, 6) is 0. The Labute approximate surface area is 64.3 Å². The van der Waals surface area contributed by atoms with E-state index in [4.69, 9.17) is 0 Å². The van der Waals surface area contributed by atoms with E-state index < -0.39 is 0 Å². The fourth-order valence-electron chi connectivity index (χ4n) is 1.13. The van der Waals surface area contributed by atoms with Crippen LogP contribution in [0, 0.1) is 0 Å². The summed E-state index contributed by atoms with van der Waals surface area (Å²) < 4.78 is 4.14. The molecule has 2 rings (SSSR count). The van der Waals surface area contributed by atoms with Gasteiger partial charge in [-0.3, -0.25) is 0 Å². The Balaban J connectivity index is 2.41. The Morgan fingerprint density at radius 1 is 1.38 bits per heavy atom. The zero-order valence-electron chi connectivity index (χ0n) is 4.59. The predicted octanol–water partition coefficient (Wildman–Crippen LogP) is 1.81. The number of hydrogen-bond acceptors (Lipinski definition) is 0. The molecule has 37 valence electrons. The Morgan fingerprint density at radius 3 is 3.25 bits per heavy atom. The summed E-state index contributed by atoms with van der Waals surface area (Å²) in [4.78, 5) is 0. The quantitative estimate of drug-likeness (QED) is 0.531. The molecule has 2 aliphatic rings. The van der Waals surface area contributed by atoms with Gasteiger partial charge in [0.2, 0.25) is 0 Å². The van der Waals surface area contributed by atoms with Crippen molar-refractivity contribution in [1.29, 1.82) is 0 Å². The molecule has 1 aliphatic carbocycles. The molecule has 0 atom stereocenters. The monoisotopic (exact) mass is 179 g/mol. The van der Waals surface area contributed by atoms with Crippen LogP contribution in [-0.4, -0.2) is 0 Å². The minimum atomic E-state index is -0.316. The topological polar surface area (TPSA) is 0 Å². The molecule has 0 fully saturated rings. The van der Waals surface area contributed by atoms with E-state index in [0.29, 0.717) is 0 Å². The van der Waals surface area contributed by atoms with Gasteiger partial charge in [-0.05, 0) is 0 Å². The van der Waals surface area contributed by atoms with Crippen molar-refractivity contribution >= 4 is 0 Å². The van der Waals surface area contributed by atoms with Gasteiger partial charge in [0.1, 0.15) is 0 Å². The fourth-order valence-corrected chi connectivity index (χ4v) is 4.11. The molecule has 0 saturated carbocycles. The molecule has 0 spiro atoms. The summed E-state index contributed by atoms with van der Waals surface area (Å²) in [7, 11) is 0. The van der Waals surface area contributed by atoms with E-state index in [0.717, 1.165) is 0 Å². The summed E-state index contributed by atoms with van der Waals surface area (Å²) in [5.41, 5.74) is 1.62. The third-order valence-corrected chi connectivity index (χ3v) is 4.79. The van der Waals surface area contributed by atoms with Crippen molar-refractivity contribution in [2.75, 3.05) is 0 Å². The Hall–Kier alpha value is 0.324. The molecule has 0 unspecified atom stereocenters. The van der Waals surface area contributed by atoms with Crippen molar-refractivity contribution in [2.45, 2.75) is 6.42 Å². The first-order valence-electron chi connectivity index (χ1n) is 2.88. The van der Waals surface area contributed by atoms with Gasteiger partial charge in [-0.15, -0.1) is 0 Å². The van der Waals surface area contributed by atoms with Crippen LogP contribution in [0.5, 0.6) is 0 Å². The van der Waals surface area contributed by atoms with E-state index >= 15 is 0 Å². The minimum absolute atomic E-state index is 0.316. The number of rotatable bonds is 0. The van der Waals surface area contributed by atoms with Crippen molar-refractivity contribution in [1.82, 2.24) is 0 Å². The van der Waals surface area contributed by atoms with E-state index in [-0.39, 0.29) is 29.2 Å². The van der Waals surface area contributed by atoms with E-state index in [2.05, 4.69) is 21.1 Å². The summed E-state index contributed by atoms with van der Waals surface area (Å²) in [6.45, 7) is 0. The molecule has 0 saturated heterocycles. The molecule has 0 nitrogen and oxygen atoms in total. The molecule has 0 aromatic heterocycles. The molecular formula is C7H6Y. The van der Waals surface area contributed by atoms with Crippen molar-refractivity contribution in [3.63, 3.8) is 0 Å². The second kappa shape index (κ2) is 1.93. The summed E-state index contributed by atoms with van der Waals surface area (Å²) in [6, 6.07) is 0. The average Bonchev–Trinajstić information content (AvgIpc) is 2.15. The van der Waals surface area contributed by atoms with Crippen molar-refractivity contribution in [3.8, 4) is 0 Å². The van der Waals surface area contributed by atoms with Crippen LogP contribution >= 0.6 is 0 Å². The van der Waals surface area contributed by atoms with Gasteiger partial charge in [0, 0.05) is 0 Å². The van der Waals surface area contributed by atoms with Crippen molar-refractivity contribution in [2.24, 2.45) is 0 Å². The van der Waals surface area contributed by atoms with Crippen LogP contribution in [-0.2, 0) is 29.2 Å². The third-order valence-electron chi connectivity index (χ3n) is 1.58. The first-order valence-corrected chi connectivity index (χ1v) is 5.94. The second-order valence-electron chi connectivity index (χ2n) is 2.11. The van der Waals surface area contributed by atoms with Gasteiger partial charge >= 0.3 is 64.7 Å². The summed E-state index contributed by atoms with van der Waals surface area (Å²) >= 11 is -0.316. The van der Waals surface area contributed by atoms with Gasteiger partial charge in [-0.1, -0.05) is 0 Å². The number of allylic oxidation sites excluding steroid dienone is 5. The predicted molar refractivity (Wildman–Crippen MR) is 29.9 cm³/mol. The standard InChI is InChI=1S/C7H6.Y/c1-2-7-5-3-4-6-7;/h1-4H,5H2;. The van der Waals surface area contributed by atoms with Gasteiger partial charge in [0.05, 0.1) is 0 Å². The number of hydrogen-bond donors (Lipinski definition) is 0. The maximum atomic E-state index is 2.42. The van der Waals surface area contributed by atoms with Crippen molar-refractivity contribution < 1.29 is 29.2 Å². The van der Waals surface area contributed by atoms with Crippen LogP contribution in [0.25, 0.3) is 0 Å². The van der Waals surface area contributed by atoms with Crippen LogP contribution in [0.3, 0.4) is 0 Å². The van der Waals surface area contributed by atoms with Gasteiger partial charge in [0.25, 0.3) is 0 Å². The molecular weight excluding hydrogens is 173 g/mol. The Bertz CT molecular complexity index is 174. The first-order chi connectivity index (χ1) is 3.97. The van der Waals surface area contributed by atoms with Gasteiger partial charge in [-0.25, -0.2) is 0 Å². The Kier molecular flexibility index (Phi) is 1.24. The molecule has 0 N–H and O–H groups in total. The molecule has 0 aromatic carbocycles. The first kappa shape index (κ1) is 5.14. The summed E-state index contributed by atoms with van der Waals surface area (Å²) in [5, 5.41) is 0. The van der Waals surface area contributed by atoms with Gasteiger partial charge in [-0.2, -0.15) is 0 Å². The SMILES string of the molecule is C1=C[C]2=C(C=[CH][Y]2)C1. The molecule has 0 aromatic rings. The zero-order valence-corrected chi connectivity index (χ0v) is 7.43. The molecule has 0 amide bonds. The van der Waals surface area contributed by atoms with Gasteiger partial charge < -0.3 is 0 Å². The Morgan fingerprint density at radius 2 is 2.38 bits per heavy atom.